The van der Waals surface area contributed by atoms with E-state index in [-0.39, 0.29) is 0 Å². The number of aryl methyl sites for hydroxylation is 2. The fraction of sp³-hybridized carbons (Fsp3) is 0.185. The fourth-order valence-corrected chi connectivity index (χ4v) is 5.10. The zero-order valence-corrected chi connectivity index (χ0v) is 16.2. The van der Waals surface area contributed by atoms with Gasteiger partial charge in [0.05, 0.1) is 11.2 Å². The largest absolute Gasteiger partial charge is 0.312 e. The Morgan fingerprint density at radius 1 is 0.786 bits per heavy atom. The van der Waals surface area contributed by atoms with Gasteiger partial charge in [-0.1, -0.05) is 60.2 Å². The predicted molar refractivity (Wildman–Crippen MR) is 120 cm³/mol. The van der Waals surface area contributed by atoms with E-state index in [4.69, 9.17) is 0 Å². The topological polar surface area (TPSA) is 4.93 Å². The summed E-state index contributed by atoms with van der Waals surface area (Å²) >= 11 is 0. The summed E-state index contributed by atoms with van der Waals surface area (Å²) in [6.45, 7) is 2.19. The highest BCUT2D eigenvalue weighted by Gasteiger charge is 2.22. The Hall–Kier alpha value is -3.06. The van der Waals surface area contributed by atoms with Crippen molar-refractivity contribution in [1.29, 1.82) is 0 Å². The molecule has 3 aromatic carbocycles. The molecule has 0 radical (unpaired) electrons. The highest BCUT2D eigenvalue weighted by molar-refractivity contribution is 5.97. The zero-order valence-electron chi connectivity index (χ0n) is 16.2. The van der Waals surface area contributed by atoms with Crippen molar-refractivity contribution in [2.75, 3.05) is 0 Å². The molecule has 0 saturated carbocycles. The van der Waals surface area contributed by atoms with Gasteiger partial charge in [-0.15, -0.1) is 0 Å². The molecule has 0 fully saturated rings. The number of hydrogen-bond acceptors (Lipinski definition) is 0. The number of rotatable bonds is 1. The Balaban J connectivity index is 1.78. The number of nitrogens with zero attached hydrogens (tertiary/aromatic N) is 1. The van der Waals surface area contributed by atoms with Crippen LogP contribution in [-0.2, 0) is 12.8 Å². The number of allylic oxidation sites excluding steroid dienone is 2. The van der Waals surface area contributed by atoms with Crippen molar-refractivity contribution < 1.29 is 0 Å². The molecular formula is C27H23N. The van der Waals surface area contributed by atoms with Gasteiger partial charge in [-0.05, 0) is 67.1 Å². The summed E-state index contributed by atoms with van der Waals surface area (Å²) in [7, 11) is 0. The van der Waals surface area contributed by atoms with Crippen LogP contribution in [0.3, 0.4) is 0 Å². The lowest BCUT2D eigenvalue weighted by Gasteiger charge is -2.22. The molecule has 1 heteroatoms. The van der Waals surface area contributed by atoms with Crippen LogP contribution in [0.5, 0.6) is 0 Å². The first kappa shape index (κ1) is 15.9. The maximum atomic E-state index is 2.55. The highest BCUT2D eigenvalue weighted by Crippen LogP contribution is 2.39. The number of fused-ring (bicyclic) bond motifs is 6. The molecule has 6 rings (SSSR count). The zero-order chi connectivity index (χ0) is 18.7. The first-order valence-corrected chi connectivity index (χ1v) is 10.3. The average Bonchev–Trinajstić information content (AvgIpc) is 3.07. The van der Waals surface area contributed by atoms with Gasteiger partial charge in [0.25, 0.3) is 0 Å². The molecule has 0 unspecified atom stereocenters. The molecule has 0 atom stereocenters. The molecule has 0 N–H and O–H groups in total. The van der Waals surface area contributed by atoms with Crippen LogP contribution >= 0.6 is 0 Å². The number of benzene rings is 3. The van der Waals surface area contributed by atoms with Gasteiger partial charge in [0.1, 0.15) is 0 Å². The predicted octanol–water partition coefficient (Wildman–Crippen LogP) is 7.01. The summed E-state index contributed by atoms with van der Waals surface area (Å²) < 4.78 is 2.55. The van der Waals surface area contributed by atoms with Gasteiger partial charge in [0.2, 0.25) is 0 Å². The first-order valence-electron chi connectivity index (χ1n) is 10.3. The van der Waals surface area contributed by atoms with Gasteiger partial charge in [-0.3, -0.25) is 0 Å². The van der Waals surface area contributed by atoms with E-state index in [9.17, 15) is 0 Å². The SMILES string of the molecule is Cc1ccc2c(c1)c1c(n2-c2cc3ccccc3c3c2C=CCC3)CCC=C1. The molecule has 1 aromatic heterocycles. The molecular weight excluding hydrogens is 338 g/mol. The molecule has 0 amide bonds. The minimum absolute atomic E-state index is 1.10. The summed E-state index contributed by atoms with van der Waals surface area (Å²) in [6.07, 6.45) is 13.8. The number of aromatic nitrogens is 1. The van der Waals surface area contributed by atoms with Crippen LogP contribution < -0.4 is 0 Å². The van der Waals surface area contributed by atoms with E-state index >= 15 is 0 Å². The Morgan fingerprint density at radius 3 is 2.54 bits per heavy atom. The van der Waals surface area contributed by atoms with E-state index in [1.807, 2.05) is 0 Å². The van der Waals surface area contributed by atoms with E-state index < -0.39 is 0 Å². The van der Waals surface area contributed by atoms with Crippen molar-refractivity contribution in [2.45, 2.75) is 32.6 Å². The Morgan fingerprint density at radius 2 is 1.61 bits per heavy atom. The van der Waals surface area contributed by atoms with Crippen LogP contribution in [0, 0.1) is 6.92 Å². The molecule has 4 aromatic rings. The lowest BCUT2D eigenvalue weighted by Crippen LogP contribution is -2.08. The van der Waals surface area contributed by atoms with Crippen LogP contribution in [0.2, 0.25) is 0 Å². The summed E-state index contributed by atoms with van der Waals surface area (Å²) in [6, 6.07) is 18.2. The second kappa shape index (κ2) is 5.97. The average molecular weight is 361 g/mol. The quantitative estimate of drug-likeness (QED) is 0.343. The van der Waals surface area contributed by atoms with Crippen molar-refractivity contribution in [3.63, 3.8) is 0 Å². The van der Waals surface area contributed by atoms with Gasteiger partial charge >= 0.3 is 0 Å². The lowest BCUT2D eigenvalue weighted by atomic mass is 9.90. The standard InChI is InChI=1S/C27H23N/c1-18-14-15-26-24(16-18)23-12-6-7-13-25(23)28(26)27-17-19-8-2-3-9-20(19)21-10-4-5-11-22(21)27/h2-3,5-6,8-9,11-12,14-17H,4,7,10,13H2,1H3. The molecule has 0 saturated heterocycles. The summed E-state index contributed by atoms with van der Waals surface area (Å²) in [5.74, 6) is 0. The summed E-state index contributed by atoms with van der Waals surface area (Å²) in [4.78, 5) is 0. The minimum Gasteiger partial charge on any atom is -0.312 e. The molecule has 1 nitrogen and oxygen atoms in total. The second-order valence-corrected chi connectivity index (χ2v) is 8.11. The van der Waals surface area contributed by atoms with Crippen LogP contribution in [0.4, 0.5) is 0 Å². The second-order valence-electron chi connectivity index (χ2n) is 8.11. The van der Waals surface area contributed by atoms with Crippen molar-refractivity contribution in [3.05, 3.63) is 88.6 Å². The Kier molecular flexibility index (Phi) is 3.40. The third kappa shape index (κ3) is 2.19. The number of hydrogen-bond donors (Lipinski definition) is 0. The molecule has 2 aliphatic rings. The van der Waals surface area contributed by atoms with Gasteiger partial charge in [-0.2, -0.15) is 0 Å². The molecule has 1 heterocycles. The summed E-state index contributed by atoms with van der Waals surface area (Å²) in [5, 5.41) is 4.14. The monoisotopic (exact) mass is 361 g/mol. The lowest BCUT2D eigenvalue weighted by molar-refractivity contribution is 0.884. The maximum Gasteiger partial charge on any atom is 0.0540 e. The smallest absolute Gasteiger partial charge is 0.0540 e. The summed E-state index contributed by atoms with van der Waals surface area (Å²) in [5.41, 5.74) is 9.77. The highest BCUT2D eigenvalue weighted by atomic mass is 15.0. The van der Waals surface area contributed by atoms with Crippen LogP contribution in [0.15, 0.2) is 60.7 Å². The van der Waals surface area contributed by atoms with E-state index in [1.165, 1.54) is 55.3 Å². The molecule has 2 aliphatic carbocycles. The van der Waals surface area contributed by atoms with Crippen LogP contribution in [0.25, 0.3) is 39.5 Å². The van der Waals surface area contributed by atoms with Gasteiger partial charge in [-0.25, -0.2) is 0 Å². The maximum absolute atomic E-state index is 2.55. The van der Waals surface area contributed by atoms with Crippen molar-refractivity contribution in [1.82, 2.24) is 4.57 Å². The van der Waals surface area contributed by atoms with Crippen molar-refractivity contribution in [3.8, 4) is 5.69 Å². The first-order chi connectivity index (χ1) is 13.8. The molecule has 0 bridgehead atoms. The molecule has 0 spiro atoms. The van der Waals surface area contributed by atoms with Crippen LogP contribution in [0.1, 0.15) is 40.8 Å². The molecule has 0 aliphatic heterocycles. The van der Waals surface area contributed by atoms with Gasteiger partial charge in [0, 0.05) is 22.2 Å². The molecule has 136 valence electrons. The molecule has 28 heavy (non-hydrogen) atoms. The third-order valence-electron chi connectivity index (χ3n) is 6.36. The normalized spacial score (nSPS) is 15.2. The fourth-order valence-electron chi connectivity index (χ4n) is 5.10. The van der Waals surface area contributed by atoms with E-state index in [1.54, 1.807) is 0 Å². The van der Waals surface area contributed by atoms with Gasteiger partial charge < -0.3 is 4.57 Å². The van der Waals surface area contributed by atoms with Gasteiger partial charge in [0.15, 0.2) is 0 Å². The third-order valence-corrected chi connectivity index (χ3v) is 6.36. The Bertz CT molecular complexity index is 1310. The minimum atomic E-state index is 1.10. The van der Waals surface area contributed by atoms with Crippen LogP contribution in [-0.4, -0.2) is 4.57 Å². The van der Waals surface area contributed by atoms with E-state index in [0.29, 0.717) is 0 Å². The van der Waals surface area contributed by atoms with Crippen molar-refractivity contribution in [2.24, 2.45) is 0 Å². The van der Waals surface area contributed by atoms with E-state index in [2.05, 4.69) is 84.3 Å². The van der Waals surface area contributed by atoms with Crippen molar-refractivity contribution >= 4 is 33.8 Å². The van der Waals surface area contributed by atoms with E-state index in [0.717, 1.165) is 25.7 Å². The Labute approximate surface area is 165 Å².